The third-order valence-electron chi connectivity index (χ3n) is 3.23. The van der Waals surface area contributed by atoms with Crippen LogP contribution in [-0.4, -0.2) is 18.1 Å². The molecule has 0 aromatic carbocycles. The monoisotopic (exact) mass is 298 g/mol. The molecule has 0 aliphatic rings. The first-order valence-electron chi connectivity index (χ1n) is 6.41. The van der Waals surface area contributed by atoms with Gasteiger partial charge in [-0.1, -0.05) is 20.8 Å². The summed E-state index contributed by atoms with van der Waals surface area (Å²) < 4.78 is 1.04. The predicted octanol–water partition coefficient (Wildman–Crippen LogP) is 3.80. The summed E-state index contributed by atoms with van der Waals surface area (Å²) in [6.45, 7) is 8.96. The van der Waals surface area contributed by atoms with E-state index in [0.29, 0.717) is 5.41 Å². The molecule has 0 saturated carbocycles. The standard InChI is InChI=1S/C14H23BrN2/c1-4-8-16-11-14(3,5-2)9-13-7-6-12(15)10-17-13/h6-7,10,16H,4-5,8-9,11H2,1-3H3. The molecule has 1 atom stereocenters. The number of hydrogen-bond donors (Lipinski definition) is 1. The second-order valence-electron chi connectivity index (χ2n) is 4.99. The van der Waals surface area contributed by atoms with Gasteiger partial charge in [0.1, 0.15) is 0 Å². The quantitative estimate of drug-likeness (QED) is 0.775. The van der Waals surface area contributed by atoms with Crippen LogP contribution < -0.4 is 5.32 Å². The van der Waals surface area contributed by atoms with Crippen LogP contribution in [0.4, 0.5) is 0 Å². The Kier molecular flexibility index (Phi) is 6.14. The van der Waals surface area contributed by atoms with E-state index in [0.717, 1.165) is 24.0 Å². The highest BCUT2D eigenvalue weighted by atomic mass is 79.9. The van der Waals surface area contributed by atoms with Crippen LogP contribution in [0.3, 0.4) is 0 Å². The van der Waals surface area contributed by atoms with E-state index in [-0.39, 0.29) is 0 Å². The summed E-state index contributed by atoms with van der Waals surface area (Å²) in [5.74, 6) is 0. The summed E-state index contributed by atoms with van der Waals surface area (Å²) >= 11 is 3.42. The van der Waals surface area contributed by atoms with Gasteiger partial charge in [0.15, 0.2) is 0 Å². The van der Waals surface area contributed by atoms with Crippen LogP contribution in [0.2, 0.25) is 0 Å². The normalized spacial score (nSPS) is 14.6. The molecule has 96 valence electrons. The summed E-state index contributed by atoms with van der Waals surface area (Å²) in [6.07, 6.45) is 5.27. The molecule has 0 aliphatic heterocycles. The van der Waals surface area contributed by atoms with Crippen LogP contribution in [0.5, 0.6) is 0 Å². The van der Waals surface area contributed by atoms with Crippen molar-refractivity contribution in [1.29, 1.82) is 0 Å². The molecule has 0 fully saturated rings. The Hall–Kier alpha value is -0.410. The third kappa shape index (κ3) is 5.17. The first kappa shape index (κ1) is 14.7. The molecule has 0 bridgehead atoms. The Morgan fingerprint density at radius 1 is 1.35 bits per heavy atom. The van der Waals surface area contributed by atoms with Gasteiger partial charge in [0.05, 0.1) is 0 Å². The minimum absolute atomic E-state index is 0.302. The number of hydrogen-bond acceptors (Lipinski definition) is 2. The summed E-state index contributed by atoms with van der Waals surface area (Å²) in [6, 6.07) is 4.18. The van der Waals surface area contributed by atoms with E-state index in [1.54, 1.807) is 0 Å². The molecule has 1 aromatic heterocycles. The SMILES string of the molecule is CCCNCC(C)(CC)Cc1ccc(Br)cn1. The minimum atomic E-state index is 0.302. The lowest BCUT2D eigenvalue weighted by Gasteiger charge is -2.28. The van der Waals surface area contributed by atoms with Gasteiger partial charge in [0, 0.05) is 22.9 Å². The molecule has 0 spiro atoms. The zero-order chi connectivity index (χ0) is 12.7. The van der Waals surface area contributed by atoms with E-state index >= 15 is 0 Å². The fourth-order valence-corrected chi connectivity index (χ4v) is 2.06. The smallest absolute Gasteiger partial charge is 0.0413 e. The van der Waals surface area contributed by atoms with E-state index in [1.807, 2.05) is 6.20 Å². The van der Waals surface area contributed by atoms with Crippen molar-refractivity contribution in [3.05, 3.63) is 28.5 Å². The zero-order valence-corrected chi connectivity index (χ0v) is 12.7. The number of nitrogens with one attached hydrogen (secondary N) is 1. The molecule has 1 heterocycles. The summed E-state index contributed by atoms with van der Waals surface area (Å²) in [5, 5.41) is 3.52. The molecular formula is C14H23BrN2. The zero-order valence-electron chi connectivity index (χ0n) is 11.1. The Morgan fingerprint density at radius 3 is 2.65 bits per heavy atom. The van der Waals surface area contributed by atoms with Gasteiger partial charge in [-0.2, -0.15) is 0 Å². The van der Waals surface area contributed by atoms with Crippen molar-refractivity contribution in [3.8, 4) is 0 Å². The molecule has 1 N–H and O–H groups in total. The Balaban J connectivity index is 2.58. The van der Waals surface area contributed by atoms with Crippen molar-refractivity contribution in [2.75, 3.05) is 13.1 Å². The average Bonchev–Trinajstić information content (AvgIpc) is 2.33. The summed E-state index contributed by atoms with van der Waals surface area (Å²) in [7, 11) is 0. The van der Waals surface area contributed by atoms with E-state index in [1.165, 1.54) is 18.5 Å². The van der Waals surface area contributed by atoms with Crippen LogP contribution in [0.1, 0.15) is 39.3 Å². The third-order valence-corrected chi connectivity index (χ3v) is 3.70. The van der Waals surface area contributed by atoms with Crippen molar-refractivity contribution in [2.45, 2.75) is 40.0 Å². The molecule has 0 amide bonds. The van der Waals surface area contributed by atoms with Gasteiger partial charge in [-0.15, -0.1) is 0 Å². The van der Waals surface area contributed by atoms with E-state index in [4.69, 9.17) is 0 Å². The van der Waals surface area contributed by atoms with Crippen molar-refractivity contribution in [3.63, 3.8) is 0 Å². The van der Waals surface area contributed by atoms with Crippen molar-refractivity contribution < 1.29 is 0 Å². The maximum atomic E-state index is 4.46. The number of halogens is 1. The fourth-order valence-electron chi connectivity index (χ4n) is 1.83. The van der Waals surface area contributed by atoms with Crippen LogP contribution in [0, 0.1) is 5.41 Å². The Bertz CT molecular complexity index is 323. The molecular weight excluding hydrogens is 276 g/mol. The van der Waals surface area contributed by atoms with Gasteiger partial charge in [0.25, 0.3) is 0 Å². The molecule has 17 heavy (non-hydrogen) atoms. The van der Waals surface area contributed by atoms with Gasteiger partial charge in [-0.05, 0) is 59.3 Å². The lowest BCUT2D eigenvalue weighted by Crippen LogP contribution is -2.33. The predicted molar refractivity (Wildman–Crippen MR) is 77.2 cm³/mol. The van der Waals surface area contributed by atoms with Crippen LogP contribution >= 0.6 is 15.9 Å². The second kappa shape index (κ2) is 7.12. The Morgan fingerprint density at radius 2 is 2.12 bits per heavy atom. The van der Waals surface area contributed by atoms with E-state index in [2.05, 4.69) is 59.1 Å². The molecule has 1 aromatic rings. The molecule has 3 heteroatoms. The highest BCUT2D eigenvalue weighted by Gasteiger charge is 2.22. The topological polar surface area (TPSA) is 24.9 Å². The lowest BCUT2D eigenvalue weighted by atomic mass is 9.82. The fraction of sp³-hybridized carbons (Fsp3) is 0.643. The van der Waals surface area contributed by atoms with Crippen LogP contribution in [0.25, 0.3) is 0 Å². The first-order valence-corrected chi connectivity index (χ1v) is 7.20. The molecule has 2 nitrogen and oxygen atoms in total. The van der Waals surface area contributed by atoms with E-state index < -0.39 is 0 Å². The van der Waals surface area contributed by atoms with Crippen LogP contribution in [-0.2, 0) is 6.42 Å². The highest BCUT2D eigenvalue weighted by Crippen LogP contribution is 2.25. The molecule has 0 aliphatic carbocycles. The molecule has 0 saturated heterocycles. The molecule has 1 rings (SSSR count). The van der Waals surface area contributed by atoms with Crippen molar-refractivity contribution >= 4 is 15.9 Å². The van der Waals surface area contributed by atoms with Gasteiger partial charge in [-0.25, -0.2) is 0 Å². The second-order valence-corrected chi connectivity index (χ2v) is 5.90. The maximum absolute atomic E-state index is 4.46. The van der Waals surface area contributed by atoms with Crippen molar-refractivity contribution in [2.24, 2.45) is 5.41 Å². The average molecular weight is 299 g/mol. The van der Waals surface area contributed by atoms with E-state index in [9.17, 15) is 0 Å². The summed E-state index contributed by atoms with van der Waals surface area (Å²) in [5.41, 5.74) is 1.48. The van der Waals surface area contributed by atoms with Gasteiger partial charge in [0.2, 0.25) is 0 Å². The van der Waals surface area contributed by atoms with Gasteiger partial charge < -0.3 is 5.32 Å². The Labute approximate surface area is 113 Å². The van der Waals surface area contributed by atoms with Crippen LogP contribution in [0.15, 0.2) is 22.8 Å². The number of nitrogens with zero attached hydrogens (tertiary/aromatic N) is 1. The lowest BCUT2D eigenvalue weighted by molar-refractivity contribution is 0.288. The summed E-state index contributed by atoms with van der Waals surface area (Å²) in [4.78, 5) is 4.46. The number of aromatic nitrogens is 1. The minimum Gasteiger partial charge on any atom is -0.316 e. The number of rotatable bonds is 7. The van der Waals surface area contributed by atoms with Crippen molar-refractivity contribution in [1.82, 2.24) is 10.3 Å². The maximum Gasteiger partial charge on any atom is 0.0413 e. The molecule has 1 unspecified atom stereocenters. The highest BCUT2D eigenvalue weighted by molar-refractivity contribution is 9.10. The first-order chi connectivity index (χ1) is 8.09. The largest absolute Gasteiger partial charge is 0.316 e. The van der Waals surface area contributed by atoms with Gasteiger partial charge in [-0.3, -0.25) is 4.98 Å². The van der Waals surface area contributed by atoms with Gasteiger partial charge >= 0.3 is 0 Å². The molecule has 0 radical (unpaired) electrons. The number of pyridine rings is 1.